The molecule has 0 bridgehead atoms. The average molecular weight is 279 g/mol. The van der Waals surface area contributed by atoms with Crippen LogP contribution in [-0.4, -0.2) is 28.9 Å². The number of hydrogen-bond donors (Lipinski definition) is 2. The molecule has 0 spiro atoms. The summed E-state index contributed by atoms with van der Waals surface area (Å²) in [4.78, 5) is 12.8. The predicted molar refractivity (Wildman–Crippen MR) is 78.5 cm³/mol. The van der Waals surface area contributed by atoms with Gasteiger partial charge in [0.25, 0.3) is 0 Å². The average Bonchev–Trinajstić information content (AvgIpc) is 2.80. The second-order valence-electron chi connectivity index (χ2n) is 5.66. The summed E-state index contributed by atoms with van der Waals surface area (Å²) in [5.74, 6) is 0.363. The van der Waals surface area contributed by atoms with Crippen LogP contribution in [0, 0.1) is 0 Å². The minimum atomic E-state index is -0.853. The lowest BCUT2D eigenvalue weighted by molar-refractivity contribution is -0.119. The number of carbonyl (C=O) groups is 1. The molecule has 0 saturated carbocycles. The molecule has 0 unspecified atom stereocenters. The van der Waals surface area contributed by atoms with E-state index >= 15 is 0 Å². The second kappa shape index (κ2) is 5.97. The molecule has 1 aliphatic rings. The standard InChI is InChI=1S/C15H21NO2S/c1-15(2,18)10-16-14(17)9-19-13-7-6-11-4-3-5-12(11)8-13/h6-8,18H,3-5,9-10H2,1-2H3,(H,16,17). The summed E-state index contributed by atoms with van der Waals surface area (Å²) in [6.07, 6.45) is 3.59. The first kappa shape index (κ1) is 14.4. The minimum absolute atomic E-state index is 0.0346. The van der Waals surface area contributed by atoms with Gasteiger partial charge in [-0.2, -0.15) is 0 Å². The molecule has 104 valence electrons. The van der Waals surface area contributed by atoms with Crippen LogP contribution in [-0.2, 0) is 17.6 Å². The van der Waals surface area contributed by atoms with E-state index in [-0.39, 0.29) is 12.5 Å². The Hall–Kier alpha value is -1.00. The molecule has 2 N–H and O–H groups in total. The first-order valence-electron chi connectivity index (χ1n) is 6.68. The Morgan fingerprint density at radius 3 is 2.84 bits per heavy atom. The Kier molecular flexibility index (Phi) is 4.53. The Morgan fingerprint density at radius 1 is 1.37 bits per heavy atom. The molecule has 0 aromatic heterocycles. The number of aryl methyl sites for hydroxylation is 2. The van der Waals surface area contributed by atoms with Crippen LogP contribution >= 0.6 is 11.8 Å². The highest BCUT2D eigenvalue weighted by molar-refractivity contribution is 8.00. The summed E-state index contributed by atoms with van der Waals surface area (Å²) in [6.45, 7) is 3.65. The van der Waals surface area contributed by atoms with Crippen LogP contribution in [0.3, 0.4) is 0 Å². The van der Waals surface area contributed by atoms with Gasteiger partial charge >= 0.3 is 0 Å². The van der Waals surface area contributed by atoms with Crippen molar-refractivity contribution < 1.29 is 9.90 Å². The van der Waals surface area contributed by atoms with Crippen molar-refractivity contribution in [3.05, 3.63) is 29.3 Å². The van der Waals surface area contributed by atoms with Gasteiger partial charge in [-0.15, -0.1) is 11.8 Å². The summed E-state index contributed by atoms with van der Waals surface area (Å²) in [6, 6.07) is 6.48. The van der Waals surface area contributed by atoms with Gasteiger partial charge in [-0.3, -0.25) is 4.79 Å². The van der Waals surface area contributed by atoms with E-state index in [0.717, 1.165) is 11.3 Å². The van der Waals surface area contributed by atoms with E-state index < -0.39 is 5.60 Å². The number of thioether (sulfide) groups is 1. The zero-order valence-corrected chi connectivity index (χ0v) is 12.3. The zero-order valence-electron chi connectivity index (χ0n) is 11.5. The third-order valence-electron chi connectivity index (χ3n) is 3.16. The van der Waals surface area contributed by atoms with Crippen molar-refractivity contribution in [1.29, 1.82) is 0 Å². The highest BCUT2D eigenvalue weighted by Crippen LogP contribution is 2.27. The molecule has 1 amide bonds. The summed E-state index contributed by atoms with van der Waals surface area (Å²) < 4.78 is 0. The molecule has 0 aliphatic heterocycles. The van der Waals surface area contributed by atoms with Crippen LogP contribution in [0.1, 0.15) is 31.4 Å². The monoisotopic (exact) mass is 279 g/mol. The Bertz CT molecular complexity index is 466. The summed E-state index contributed by atoms with van der Waals surface area (Å²) >= 11 is 1.55. The van der Waals surface area contributed by atoms with E-state index in [1.807, 2.05) is 0 Å². The summed E-state index contributed by atoms with van der Waals surface area (Å²) in [5, 5.41) is 12.3. The molecule has 3 nitrogen and oxygen atoms in total. The topological polar surface area (TPSA) is 49.3 Å². The maximum atomic E-state index is 11.7. The molecule has 19 heavy (non-hydrogen) atoms. The molecule has 0 heterocycles. The predicted octanol–water partition coefficient (Wildman–Crippen LogP) is 2.15. The lowest BCUT2D eigenvalue weighted by Gasteiger charge is -2.17. The molecule has 0 radical (unpaired) electrons. The van der Waals surface area contributed by atoms with Crippen LogP contribution in [0.4, 0.5) is 0 Å². The van der Waals surface area contributed by atoms with E-state index in [0.29, 0.717) is 5.75 Å². The van der Waals surface area contributed by atoms with Crippen molar-refractivity contribution in [2.24, 2.45) is 0 Å². The molecule has 4 heteroatoms. The maximum Gasteiger partial charge on any atom is 0.230 e. The van der Waals surface area contributed by atoms with E-state index in [1.54, 1.807) is 25.6 Å². The van der Waals surface area contributed by atoms with Crippen molar-refractivity contribution in [1.82, 2.24) is 5.32 Å². The SMILES string of the molecule is CC(C)(O)CNC(=O)CSc1ccc2c(c1)CCC2. The highest BCUT2D eigenvalue weighted by atomic mass is 32.2. The molecule has 1 aromatic rings. The third kappa shape index (κ3) is 4.55. The molecule has 0 atom stereocenters. The summed E-state index contributed by atoms with van der Waals surface area (Å²) in [5.41, 5.74) is 2.03. The lowest BCUT2D eigenvalue weighted by atomic mass is 10.1. The quantitative estimate of drug-likeness (QED) is 0.812. The van der Waals surface area contributed by atoms with Gasteiger partial charge in [-0.25, -0.2) is 0 Å². The molecule has 1 aromatic carbocycles. The van der Waals surface area contributed by atoms with Crippen molar-refractivity contribution in [3.63, 3.8) is 0 Å². The van der Waals surface area contributed by atoms with Crippen molar-refractivity contribution in [3.8, 4) is 0 Å². The number of benzene rings is 1. The number of nitrogens with one attached hydrogen (secondary N) is 1. The fourth-order valence-corrected chi connectivity index (χ4v) is 2.94. The molecular weight excluding hydrogens is 258 g/mol. The Balaban J connectivity index is 1.81. The van der Waals surface area contributed by atoms with Gasteiger partial charge in [-0.1, -0.05) is 6.07 Å². The first-order valence-corrected chi connectivity index (χ1v) is 7.66. The third-order valence-corrected chi connectivity index (χ3v) is 4.15. The van der Waals surface area contributed by atoms with E-state index in [9.17, 15) is 9.90 Å². The van der Waals surface area contributed by atoms with Gasteiger partial charge in [0.1, 0.15) is 0 Å². The van der Waals surface area contributed by atoms with Crippen molar-refractivity contribution >= 4 is 17.7 Å². The second-order valence-corrected chi connectivity index (χ2v) is 6.71. The van der Waals surface area contributed by atoms with Gasteiger partial charge in [0.2, 0.25) is 5.91 Å². The Labute approximate surface area is 118 Å². The highest BCUT2D eigenvalue weighted by Gasteiger charge is 2.14. The lowest BCUT2D eigenvalue weighted by Crippen LogP contribution is -2.38. The molecule has 2 rings (SSSR count). The Morgan fingerprint density at radius 2 is 2.11 bits per heavy atom. The first-order chi connectivity index (χ1) is 8.94. The van der Waals surface area contributed by atoms with E-state index in [2.05, 4.69) is 23.5 Å². The largest absolute Gasteiger partial charge is 0.389 e. The molecule has 0 saturated heterocycles. The van der Waals surface area contributed by atoms with Crippen LogP contribution in [0.15, 0.2) is 23.1 Å². The van der Waals surface area contributed by atoms with E-state index in [4.69, 9.17) is 0 Å². The van der Waals surface area contributed by atoms with Gasteiger partial charge in [0, 0.05) is 11.4 Å². The van der Waals surface area contributed by atoms with E-state index in [1.165, 1.54) is 24.0 Å². The normalized spacial score (nSPS) is 14.3. The minimum Gasteiger partial charge on any atom is -0.389 e. The van der Waals surface area contributed by atoms with Gasteiger partial charge < -0.3 is 10.4 Å². The number of hydrogen-bond acceptors (Lipinski definition) is 3. The fourth-order valence-electron chi connectivity index (χ4n) is 2.15. The van der Waals surface area contributed by atoms with Crippen LogP contribution in [0.5, 0.6) is 0 Å². The molecule has 0 fully saturated rings. The van der Waals surface area contributed by atoms with Crippen molar-refractivity contribution in [2.75, 3.05) is 12.3 Å². The van der Waals surface area contributed by atoms with Gasteiger partial charge in [0.05, 0.1) is 11.4 Å². The van der Waals surface area contributed by atoms with Gasteiger partial charge in [-0.05, 0) is 56.4 Å². The van der Waals surface area contributed by atoms with Crippen LogP contribution in [0.2, 0.25) is 0 Å². The fraction of sp³-hybridized carbons (Fsp3) is 0.533. The number of rotatable bonds is 5. The summed E-state index contributed by atoms with van der Waals surface area (Å²) in [7, 11) is 0. The number of carbonyl (C=O) groups excluding carboxylic acids is 1. The zero-order chi connectivity index (χ0) is 13.9. The number of fused-ring (bicyclic) bond motifs is 1. The number of amides is 1. The molecular formula is C15H21NO2S. The number of aliphatic hydroxyl groups is 1. The molecule has 1 aliphatic carbocycles. The maximum absolute atomic E-state index is 11.7. The smallest absolute Gasteiger partial charge is 0.230 e. The van der Waals surface area contributed by atoms with Gasteiger partial charge in [0.15, 0.2) is 0 Å². The van der Waals surface area contributed by atoms with Crippen molar-refractivity contribution in [2.45, 2.75) is 43.6 Å². The van der Waals surface area contributed by atoms with Crippen LogP contribution in [0.25, 0.3) is 0 Å². The van der Waals surface area contributed by atoms with Crippen LogP contribution < -0.4 is 5.32 Å².